The van der Waals surface area contributed by atoms with Gasteiger partial charge < -0.3 is 5.32 Å². The second kappa shape index (κ2) is 6.42. The summed E-state index contributed by atoms with van der Waals surface area (Å²) in [5.41, 5.74) is 0. The van der Waals surface area contributed by atoms with Crippen molar-refractivity contribution in [2.75, 3.05) is 32.8 Å². The highest BCUT2D eigenvalue weighted by atomic mass is 19.4. The van der Waals surface area contributed by atoms with Crippen LogP contribution in [0.1, 0.15) is 19.8 Å². The Morgan fingerprint density at radius 1 is 1.44 bits per heavy atom. The summed E-state index contributed by atoms with van der Waals surface area (Å²) in [6.07, 6.45) is -2.38. The number of hydrogen-bond acceptors (Lipinski definition) is 3. The van der Waals surface area contributed by atoms with Crippen molar-refractivity contribution in [2.45, 2.75) is 32.2 Å². The van der Waals surface area contributed by atoms with E-state index >= 15 is 0 Å². The molecule has 6 heteroatoms. The van der Waals surface area contributed by atoms with Crippen LogP contribution in [0.2, 0.25) is 0 Å². The Morgan fingerprint density at radius 2 is 2.19 bits per heavy atom. The lowest BCUT2D eigenvalue weighted by molar-refractivity contribution is -0.325. The summed E-state index contributed by atoms with van der Waals surface area (Å²) in [6.45, 7) is 4.64. The number of ether oxygens (including phenoxy) is 1. The van der Waals surface area contributed by atoms with Crippen molar-refractivity contribution in [2.24, 2.45) is 0 Å². The minimum absolute atomic E-state index is 0.284. The van der Waals surface area contributed by atoms with E-state index < -0.39 is 6.36 Å². The van der Waals surface area contributed by atoms with Gasteiger partial charge >= 0.3 is 6.36 Å². The topological polar surface area (TPSA) is 24.5 Å². The average Bonchev–Trinajstić information content (AvgIpc) is 2.24. The molecule has 0 spiro atoms. The van der Waals surface area contributed by atoms with Gasteiger partial charge in [-0.1, -0.05) is 6.92 Å². The number of alkyl halides is 3. The molecule has 16 heavy (non-hydrogen) atoms. The van der Waals surface area contributed by atoms with Gasteiger partial charge in [0.05, 0.1) is 6.61 Å². The molecule has 0 aromatic heterocycles. The van der Waals surface area contributed by atoms with Crippen molar-refractivity contribution in [1.29, 1.82) is 0 Å². The Morgan fingerprint density at radius 3 is 2.69 bits per heavy atom. The molecule has 1 rings (SSSR count). The van der Waals surface area contributed by atoms with E-state index in [0.717, 1.165) is 32.5 Å². The second-order valence-electron chi connectivity index (χ2n) is 3.92. The quantitative estimate of drug-likeness (QED) is 0.790. The third-order valence-electron chi connectivity index (χ3n) is 2.84. The Balaban J connectivity index is 2.25. The highest BCUT2D eigenvalue weighted by Gasteiger charge is 2.29. The molecule has 96 valence electrons. The fourth-order valence-corrected chi connectivity index (χ4v) is 2.02. The van der Waals surface area contributed by atoms with Crippen molar-refractivity contribution in [3.8, 4) is 0 Å². The van der Waals surface area contributed by atoms with Crippen LogP contribution < -0.4 is 5.32 Å². The van der Waals surface area contributed by atoms with Crippen LogP contribution in [-0.2, 0) is 4.74 Å². The van der Waals surface area contributed by atoms with Gasteiger partial charge in [0.2, 0.25) is 0 Å². The number of rotatable bonds is 5. The predicted octanol–water partition coefficient (Wildman–Crippen LogP) is 1.60. The molecule has 0 radical (unpaired) electrons. The highest BCUT2D eigenvalue weighted by Crippen LogP contribution is 2.16. The van der Waals surface area contributed by atoms with Gasteiger partial charge in [-0.3, -0.25) is 9.64 Å². The van der Waals surface area contributed by atoms with Crippen LogP contribution in [0.25, 0.3) is 0 Å². The first-order valence-corrected chi connectivity index (χ1v) is 5.68. The standard InChI is InChI=1S/C10H19F3N2O/c1-2-15(6-7-16-10(11,12)13)9-4-3-5-14-8-9/h9,14H,2-8H2,1H3. The number of hydrogen-bond donors (Lipinski definition) is 1. The van der Waals surface area contributed by atoms with Gasteiger partial charge in [-0.2, -0.15) is 0 Å². The molecule has 1 fully saturated rings. The Bertz CT molecular complexity index is 193. The zero-order valence-electron chi connectivity index (χ0n) is 9.52. The average molecular weight is 240 g/mol. The largest absolute Gasteiger partial charge is 0.522 e. The molecule has 1 atom stereocenters. The molecule has 0 saturated carbocycles. The first-order chi connectivity index (χ1) is 7.53. The van der Waals surface area contributed by atoms with Crippen LogP contribution in [0.5, 0.6) is 0 Å². The lowest BCUT2D eigenvalue weighted by atomic mass is 10.1. The Kier molecular flexibility index (Phi) is 5.51. The monoisotopic (exact) mass is 240 g/mol. The van der Waals surface area contributed by atoms with Crippen LogP contribution in [0.3, 0.4) is 0 Å². The summed E-state index contributed by atoms with van der Waals surface area (Å²) in [7, 11) is 0. The third-order valence-corrected chi connectivity index (χ3v) is 2.84. The van der Waals surface area contributed by atoms with Gasteiger partial charge in [0.1, 0.15) is 0 Å². The van der Waals surface area contributed by atoms with Crippen LogP contribution in [-0.4, -0.2) is 50.1 Å². The van der Waals surface area contributed by atoms with Crippen molar-refractivity contribution in [3.63, 3.8) is 0 Å². The molecule has 0 aromatic carbocycles. The van der Waals surface area contributed by atoms with Crippen molar-refractivity contribution in [3.05, 3.63) is 0 Å². The zero-order valence-corrected chi connectivity index (χ0v) is 9.52. The molecule has 1 aliphatic heterocycles. The van der Waals surface area contributed by atoms with Crippen LogP contribution >= 0.6 is 0 Å². The second-order valence-corrected chi connectivity index (χ2v) is 3.92. The third kappa shape index (κ3) is 5.14. The number of nitrogens with zero attached hydrogens (tertiary/aromatic N) is 1. The first kappa shape index (κ1) is 13.7. The molecular weight excluding hydrogens is 221 g/mol. The molecule has 0 amide bonds. The summed E-state index contributed by atoms with van der Waals surface area (Å²) < 4.78 is 39.2. The molecule has 1 heterocycles. The number of likely N-dealkylation sites (N-methyl/N-ethyl adjacent to an activating group) is 1. The molecule has 1 aliphatic rings. The van der Waals surface area contributed by atoms with E-state index in [2.05, 4.69) is 10.1 Å². The summed E-state index contributed by atoms with van der Waals surface area (Å²) >= 11 is 0. The Labute approximate surface area is 93.9 Å². The summed E-state index contributed by atoms with van der Waals surface area (Å²) in [6, 6.07) is 0.343. The summed E-state index contributed by atoms with van der Waals surface area (Å²) in [4.78, 5) is 2.04. The van der Waals surface area contributed by atoms with Gasteiger partial charge in [0, 0.05) is 19.1 Å². The van der Waals surface area contributed by atoms with E-state index in [1.165, 1.54) is 0 Å². The Hall–Kier alpha value is -0.330. The van der Waals surface area contributed by atoms with Crippen molar-refractivity contribution < 1.29 is 17.9 Å². The number of piperidine rings is 1. The minimum atomic E-state index is -4.51. The van der Waals surface area contributed by atoms with E-state index in [-0.39, 0.29) is 6.61 Å². The molecule has 0 bridgehead atoms. The molecule has 1 unspecified atom stereocenters. The van der Waals surface area contributed by atoms with Gasteiger partial charge in [0.15, 0.2) is 0 Å². The van der Waals surface area contributed by atoms with Gasteiger partial charge in [-0.15, -0.1) is 13.2 Å². The summed E-state index contributed by atoms with van der Waals surface area (Å²) in [5, 5.41) is 3.25. The molecule has 1 N–H and O–H groups in total. The van der Waals surface area contributed by atoms with Crippen molar-refractivity contribution >= 4 is 0 Å². The molecular formula is C10H19F3N2O. The number of halogens is 3. The van der Waals surface area contributed by atoms with Crippen LogP contribution in [0.15, 0.2) is 0 Å². The lowest BCUT2D eigenvalue weighted by Gasteiger charge is -2.33. The smallest absolute Gasteiger partial charge is 0.315 e. The van der Waals surface area contributed by atoms with Crippen LogP contribution in [0, 0.1) is 0 Å². The van der Waals surface area contributed by atoms with Crippen molar-refractivity contribution in [1.82, 2.24) is 10.2 Å². The maximum Gasteiger partial charge on any atom is 0.522 e. The zero-order chi connectivity index (χ0) is 12.0. The molecule has 0 aliphatic carbocycles. The highest BCUT2D eigenvalue weighted by molar-refractivity contribution is 4.77. The molecule has 0 aromatic rings. The summed E-state index contributed by atoms with van der Waals surface area (Å²) in [5.74, 6) is 0. The normalized spacial score (nSPS) is 22.7. The predicted molar refractivity (Wildman–Crippen MR) is 55.1 cm³/mol. The maximum absolute atomic E-state index is 11.8. The van der Waals surface area contributed by atoms with E-state index in [4.69, 9.17) is 0 Å². The van der Waals surface area contributed by atoms with Gasteiger partial charge in [-0.25, -0.2) is 0 Å². The van der Waals surface area contributed by atoms with E-state index in [9.17, 15) is 13.2 Å². The molecule has 1 saturated heterocycles. The lowest BCUT2D eigenvalue weighted by Crippen LogP contribution is -2.47. The fraction of sp³-hybridized carbons (Fsp3) is 1.00. The SMILES string of the molecule is CCN(CCOC(F)(F)F)C1CCCNC1. The first-order valence-electron chi connectivity index (χ1n) is 5.68. The van der Waals surface area contributed by atoms with Crippen LogP contribution in [0.4, 0.5) is 13.2 Å². The molecule has 3 nitrogen and oxygen atoms in total. The van der Waals surface area contributed by atoms with E-state index in [1.54, 1.807) is 0 Å². The van der Waals surface area contributed by atoms with E-state index in [0.29, 0.717) is 12.6 Å². The van der Waals surface area contributed by atoms with Gasteiger partial charge in [0.25, 0.3) is 0 Å². The number of nitrogens with one attached hydrogen (secondary N) is 1. The minimum Gasteiger partial charge on any atom is -0.315 e. The van der Waals surface area contributed by atoms with E-state index in [1.807, 2.05) is 11.8 Å². The van der Waals surface area contributed by atoms with Gasteiger partial charge in [-0.05, 0) is 25.9 Å². The fourth-order valence-electron chi connectivity index (χ4n) is 2.02. The maximum atomic E-state index is 11.8.